The lowest BCUT2D eigenvalue weighted by Gasteiger charge is -2.10. The Morgan fingerprint density at radius 2 is 0.880 bits per heavy atom. The van der Waals surface area contributed by atoms with Crippen molar-refractivity contribution in [2.75, 3.05) is 0 Å². The van der Waals surface area contributed by atoms with Crippen LogP contribution in [0.3, 0.4) is 0 Å². The number of aliphatic hydroxyl groups is 3. The maximum absolute atomic E-state index is 9.60. The van der Waals surface area contributed by atoms with E-state index < -0.39 is 23.9 Å². The molecule has 0 aliphatic rings. The lowest BCUT2D eigenvalue weighted by molar-refractivity contribution is -0.314. The highest BCUT2D eigenvalue weighted by Gasteiger charge is 2.14. The van der Waals surface area contributed by atoms with Crippen LogP contribution in [0, 0.1) is 0 Å². The molecule has 0 radical (unpaired) electrons. The fraction of sp³-hybridized carbons (Fsp3) is 0.438. The van der Waals surface area contributed by atoms with Crippen LogP contribution in [0.5, 0.6) is 0 Å². The minimum Gasteiger partial charge on any atom is -0.478 e. The Hall–Kier alpha value is -2.49. The van der Waals surface area contributed by atoms with Gasteiger partial charge in [0.2, 0.25) is 0 Å². The Kier molecular flexibility index (Phi) is 19.9. The topological polar surface area (TPSA) is 173 Å². The van der Waals surface area contributed by atoms with Gasteiger partial charge in [-0.2, -0.15) is 0 Å². The quantitative estimate of drug-likeness (QED) is 0.311. The van der Waals surface area contributed by atoms with E-state index >= 15 is 0 Å². The van der Waals surface area contributed by atoms with Crippen molar-refractivity contribution in [3.63, 3.8) is 0 Å². The fourth-order valence-corrected chi connectivity index (χ4v) is 0.335. The largest absolute Gasteiger partial charge is 0.478 e. The molecule has 0 aromatic rings. The molecule has 0 atom stereocenters. The van der Waals surface area contributed by atoms with Crippen molar-refractivity contribution in [2.24, 2.45) is 0 Å². The van der Waals surface area contributed by atoms with Crippen LogP contribution < -0.4 is 0 Å². The van der Waals surface area contributed by atoms with Gasteiger partial charge in [-0.1, -0.05) is 26.7 Å². The van der Waals surface area contributed by atoms with Gasteiger partial charge in [-0.15, -0.1) is 0 Å². The normalized spacial score (nSPS) is 8.76. The van der Waals surface area contributed by atoms with Gasteiger partial charge in [-0.05, 0) is 27.2 Å². The highest BCUT2D eigenvalue weighted by atomic mass is 16.7. The number of carboxylic acid groups (broad SMARTS) is 3. The first-order valence-electron chi connectivity index (χ1n) is 6.83. The Balaban J connectivity index is -0.000000118. The van der Waals surface area contributed by atoms with Crippen molar-refractivity contribution in [3.05, 3.63) is 36.5 Å². The summed E-state index contributed by atoms with van der Waals surface area (Å²) in [6.07, 6.45) is 0.566. The minimum absolute atomic E-state index is 0.00694. The van der Waals surface area contributed by atoms with Crippen LogP contribution in [-0.2, 0) is 14.4 Å². The molecule has 0 aliphatic carbocycles. The highest BCUT2D eigenvalue weighted by molar-refractivity contribution is 5.85. The zero-order chi connectivity index (χ0) is 21.4. The van der Waals surface area contributed by atoms with Gasteiger partial charge in [0, 0.05) is 23.1 Å². The molecular weight excluding hydrogens is 336 g/mol. The number of carboxylic acids is 3. The van der Waals surface area contributed by atoms with Crippen LogP contribution in [0.2, 0.25) is 0 Å². The molecule has 0 saturated heterocycles. The molecule has 146 valence electrons. The van der Waals surface area contributed by atoms with Crippen LogP contribution >= 0.6 is 0 Å². The van der Waals surface area contributed by atoms with Crippen molar-refractivity contribution in [3.8, 4) is 0 Å². The van der Waals surface area contributed by atoms with E-state index in [4.69, 9.17) is 30.6 Å². The molecule has 6 N–H and O–H groups in total. The predicted molar refractivity (Wildman–Crippen MR) is 91.6 cm³/mol. The van der Waals surface area contributed by atoms with Gasteiger partial charge in [-0.25, -0.2) is 14.4 Å². The van der Waals surface area contributed by atoms with E-state index in [9.17, 15) is 14.4 Å². The molecule has 9 heteroatoms. The molecule has 0 bridgehead atoms. The SMILES string of the molecule is C=C(C)C(=O)O.C=C(C)C(=O)O.C=C(C)C(=O)O.CCCC(O)(O)O. The second kappa shape index (κ2) is 16.4. The van der Waals surface area contributed by atoms with Gasteiger partial charge >= 0.3 is 17.9 Å². The van der Waals surface area contributed by atoms with Crippen molar-refractivity contribution < 1.29 is 45.0 Å². The van der Waals surface area contributed by atoms with Gasteiger partial charge in [0.25, 0.3) is 5.97 Å². The lowest BCUT2D eigenvalue weighted by atomic mass is 10.3. The second-order valence-corrected chi connectivity index (χ2v) is 4.78. The van der Waals surface area contributed by atoms with Crippen molar-refractivity contribution in [2.45, 2.75) is 46.5 Å². The summed E-state index contributed by atoms with van der Waals surface area (Å²) in [5, 5.41) is 48.1. The standard InChI is InChI=1S/C4H10O3.3C4H6O2/c1-2-3-4(5,6)7;3*1-3(2)4(5)6/h5-7H,2-3H2,1H3;3*1H2,2H3,(H,5,6). The molecule has 0 aliphatic heterocycles. The zero-order valence-electron chi connectivity index (χ0n) is 14.9. The van der Waals surface area contributed by atoms with E-state index in [-0.39, 0.29) is 23.1 Å². The van der Waals surface area contributed by atoms with Crippen LogP contribution in [0.1, 0.15) is 40.5 Å². The highest BCUT2D eigenvalue weighted by Crippen LogP contribution is 2.01. The molecule has 0 amide bonds. The lowest BCUT2D eigenvalue weighted by Crippen LogP contribution is -2.26. The number of carbonyl (C=O) groups is 3. The fourth-order valence-electron chi connectivity index (χ4n) is 0.335. The predicted octanol–water partition coefficient (Wildman–Crippen LogP) is 1.36. The molecule has 25 heavy (non-hydrogen) atoms. The smallest absolute Gasteiger partial charge is 0.330 e. The first-order valence-corrected chi connectivity index (χ1v) is 6.83. The molecule has 0 heterocycles. The Bertz CT molecular complexity index is 377. The minimum atomic E-state index is -2.45. The van der Waals surface area contributed by atoms with Crippen LogP contribution in [0.15, 0.2) is 36.5 Å². The summed E-state index contributed by atoms with van der Waals surface area (Å²) in [5.41, 5.74) is 0.528. The molecule has 9 nitrogen and oxygen atoms in total. The van der Waals surface area contributed by atoms with E-state index in [0.717, 1.165) is 0 Å². The molecule has 0 aromatic carbocycles. The summed E-state index contributed by atoms with van der Waals surface area (Å²) in [7, 11) is 0. The number of hydrogen-bond donors (Lipinski definition) is 6. The third-order valence-corrected chi connectivity index (χ3v) is 1.68. The summed E-state index contributed by atoms with van der Waals surface area (Å²) in [4.78, 5) is 28.8. The van der Waals surface area contributed by atoms with Crippen LogP contribution in [0.4, 0.5) is 0 Å². The van der Waals surface area contributed by atoms with Crippen LogP contribution in [0.25, 0.3) is 0 Å². The number of rotatable bonds is 5. The van der Waals surface area contributed by atoms with Crippen molar-refractivity contribution in [1.29, 1.82) is 0 Å². The Morgan fingerprint density at radius 1 is 0.720 bits per heavy atom. The first-order chi connectivity index (χ1) is 11.0. The number of hydrogen-bond acceptors (Lipinski definition) is 6. The Labute approximate surface area is 146 Å². The number of aliphatic carboxylic acids is 3. The summed E-state index contributed by atoms with van der Waals surface area (Å²) < 4.78 is 0. The van der Waals surface area contributed by atoms with E-state index in [2.05, 4.69) is 19.7 Å². The van der Waals surface area contributed by atoms with Gasteiger partial charge in [-0.3, -0.25) is 0 Å². The van der Waals surface area contributed by atoms with E-state index in [1.807, 2.05) is 0 Å². The zero-order valence-corrected chi connectivity index (χ0v) is 14.9. The molecule has 0 rings (SSSR count). The first kappa shape index (κ1) is 30.4. The summed E-state index contributed by atoms with van der Waals surface area (Å²) in [6, 6.07) is 0. The molecule has 0 fully saturated rings. The third kappa shape index (κ3) is 44.9. The monoisotopic (exact) mass is 364 g/mol. The average Bonchev–Trinajstić information content (AvgIpc) is 2.38. The van der Waals surface area contributed by atoms with E-state index in [1.165, 1.54) is 20.8 Å². The van der Waals surface area contributed by atoms with Gasteiger partial charge in [0.15, 0.2) is 0 Å². The maximum Gasteiger partial charge on any atom is 0.330 e. The molecule has 0 aromatic heterocycles. The van der Waals surface area contributed by atoms with Gasteiger partial charge in [0.1, 0.15) is 0 Å². The van der Waals surface area contributed by atoms with Gasteiger partial charge < -0.3 is 30.6 Å². The van der Waals surface area contributed by atoms with Crippen molar-refractivity contribution in [1.82, 2.24) is 0 Å². The van der Waals surface area contributed by atoms with Gasteiger partial charge in [0.05, 0.1) is 0 Å². The summed E-state index contributed by atoms with van der Waals surface area (Å²) >= 11 is 0. The maximum atomic E-state index is 9.60. The molecule has 0 unspecified atom stereocenters. The summed E-state index contributed by atoms with van der Waals surface area (Å²) in [5.74, 6) is -5.26. The van der Waals surface area contributed by atoms with E-state index in [1.54, 1.807) is 6.92 Å². The second-order valence-electron chi connectivity index (χ2n) is 4.78. The van der Waals surface area contributed by atoms with E-state index in [0.29, 0.717) is 6.42 Å². The molecule has 0 saturated carbocycles. The molecule has 0 spiro atoms. The average molecular weight is 364 g/mol. The Morgan fingerprint density at radius 3 is 0.880 bits per heavy atom. The third-order valence-electron chi connectivity index (χ3n) is 1.68. The van der Waals surface area contributed by atoms with Crippen LogP contribution in [-0.4, -0.2) is 54.5 Å². The molecular formula is C16H28O9. The summed E-state index contributed by atoms with van der Waals surface area (Å²) in [6.45, 7) is 15.6. The van der Waals surface area contributed by atoms with Crippen molar-refractivity contribution >= 4 is 17.9 Å².